The first-order valence-electron chi connectivity index (χ1n) is 12.8. The molecule has 0 amide bonds. The molecule has 1 saturated carbocycles. The van der Waals surface area contributed by atoms with Gasteiger partial charge in [-0.05, 0) is 40.3 Å². The lowest BCUT2D eigenvalue weighted by atomic mass is 9.52. The molecule has 4 bridgehead atoms. The number of hydrogen-bond acceptors (Lipinski definition) is 3. The van der Waals surface area contributed by atoms with Gasteiger partial charge in [0.25, 0.3) is 0 Å². The van der Waals surface area contributed by atoms with Crippen LogP contribution in [0.5, 0.6) is 0 Å². The Morgan fingerprint density at radius 1 is 0.556 bits per heavy atom. The SMILES string of the molecule is C1=C(c2ccccc2)[C@H]2C[C@@H]3[C@]4(c5ccccc5)O[C@@H]4[C@@]2(c2ccccc2)OO[C@]13c1ccccc1. The Balaban J connectivity index is 1.45. The molecule has 3 heteroatoms. The minimum absolute atomic E-state index is 0.0663. The molecular weight excluding hydrogens is 444 g/mol. The van der Waals surface area contributed by atoms with Gasteiger partial charge in [0.1, 0.15) is 11.7 Å². The van der Waals surface area contributed by atoms with Crippen molar-refractivity contribution >= 4 is 5.57 Å². The molecule has 3 nitrogen and oxygen atoms in total. The second kappa shape index (κ2) is 7.27. The summed E-state index contributed by atoms with van der Waals surface area (Å²) in [6.45, 7) is 0. The Morgan fingerprint density at radius 2 is 1.08 bits per heavy atom. The fraction of sp³-hybridized carbons (Fsp3) is 0.212. The molecule has 4 aromatic carbocycles. The number of rotatable bonds is 4. The van der Waals surface area contributed by atoms with Gasteiger partial charge in [-0.2, -0.15) is 0 Å². The van der Waals surface area contributed by atoms with Gasteiger partial charge in [0.2, 0.25) is 0 Å². The van der Waals surface area contributed by atoms with E-state index in [2.05, 4.69) is 127 Å². The minimum Gasteiger partial charge on any atom is -0.357 e. The molecule has 6 aliphatic rings. The Morgan fingerprint density at radius 3 is 1.69 bits per heavy atom. The summed E-state index contributed by atoms with van der Waals surface area (Å²) in [5.74, 6) is 0.160. The van der Waals surface area contributed by atoms with E-state index in [1.807, 2.05) is 0 Å². The quantitative estimate of drug-likeness (QED) is 0.244. The fourth-order valence-electron chi connectivity index (χ4n) is 7.37. The van der Waals surface area contributed by atoms with Crippen LogP contribution in [-0.2, 0) is 31.3 Å². The van der Waals surface area contributed by atoms with Crippen molar-refractivity contribution in [1.29, 1.82) is 0 Å². The normalized spacial score (nSPS) is 35.6. The Labute approximate surface area is 210 Å². The summed E-state index contributed by atoms with van der Waals surface area (Å²) in [6, 6.07) is 42.5. The molecule has 176 valence electrons. The number of epoxide rings is 1. The van der Waals surface area contributed by atoms with Crippen molar-refractivity contribution in [1.82, 2.24) is 0 Å². The van der Waals surface area contributed by atoms with E-state index in [0.717, 1.165) is 17.5 Å². The third-order valence-corrected chi connectivity index (χ3v) is 8.90. The topological polar surface area (TPSA) is 31.0 Å². The van der Waals surface area contributed by atoms with Gasteiger partial charge in [-0.3, -0.25) is 0 Å². The highest BCUT2D eigenvalue weighted by Crippen LogP contribution is 2.76. The smallest absolute Gasteiger partial charge is 0.164 e. The van der Waals surface area contributed by atoms with Crippen molar-refractivity contribution in [2.45, 2.75) is 29.3 Å². The van der Waals surface area contributed by atoms with E-state index in [1.165, 1.54) is 16.7 Å². The lowest BCUT2D eigenvalue weighted by Crippen LogP contribution is -2.53. The fourth-order valence-corrected chi connectivity index (χ4v) is 7.37. The van der Waals surface area contributed by atoms with Crippen molar-refractivity contribution in [3.63, 3.8) is 0 Å². The average molecular weight is 471 g/mol. The van der Waals surface area contributed by atoms with Crippen LogP contribution in [0.3, 0.4) is 0 Å². The standard InChI is InChI=1S/C33H26O3/c1-5-13-23(14-6-1)27-22-31(24-15-7-2-8-16-24)29-21-28(27)32(36-35-31,25-17-9-3-10-18-25)30-33(29,34-30)26-19-11-4-12-20-26/h1-20,22,28-30H,21H2/t28-,29+,30-,31+,32+,33+/m1/s1. The van der Waals surface area contributed by atoms with Crippen LogP contribution in [0.25, 0.3) is 5.57 Å². The van der Waals surface area contributed by atoms with Crippen LogP contribution in [0.2, 0.25) is 0 Å². The van der Waals surface area contributed by atoms with Crippen LogP contribution in [0.4, 0.5) is 0 Å². The first kappa shape index (κ1) is 20.7. The van der Waals surface area contributed by atoms with Crippen molar-refractivity contribution in [2.75, 3.05) is 0 Å². The van der Waals surface area contributed by atoms with Crippen molar-refractivity contribution < 1.29 is 14.5 Å². The molecule has 3 saturated heterocycles. The summed E-state index contributed by atoms with van der Waals surface area (Å²) >= 11 is 0. The van der Waals surface area contributed by atoms with Crippen LogP contribution in [0, 0.1) is 11.8 Å². The summed E-state index contributed by atoms with van der Waals surface area (Å²) < 4.78 is 6.95. The zero-order chi connectivity index (χ0) is 23.8. The second-order valence-electron chi connectivity index (χ2n) is 10.4. The summed E-state index contributed by atoms with van der Waals surface area (Å²) in [5, 5.41) is 0. The summed E-state index contributed by atoms with van der Waals surface area (Å²) in [6.07, 6.45) is 3.09. The Hall–Kier alpha value is -3.50. The molecule has 36 heavy (non-hydrogen) atoms. The predicted molar refractivity (Wildman–Crippen MR) is 137 cm³/mol. The van der Waals surface area contributed by atoms with Crippen LogP contribution < -0.4 is 0 Å². The maximum Gasteiger partial charge on any atom is 0.164 e. The third-order valence-electron chi connectivity index (χ3n) is 8.90. The Kier molecular flexibility index (Phi) is 4.17. The van der Waals surface area contributed by atoms with Gasteiger partial charge < -0.3 is 4.74 Å². The maximum atomic E-state index is 6.95. The monoisotopic (exact) mass is 470 g/mol. The minimum atomic E-state index is -0.777. The summed E-state index contributed by atoms with van der Waals surface area (Å²) in [5.41, 5.74) is 3.85. The lowest BCUT2D eigenvalue weighted by Gasteiger charge is -2.48. The number of benzene rings is 4. The van der Waals surface area contributed by atoms with Crippen LogP contribution in [-0.4, -0.2) is 6.10 Å². The van der Waals surface area contributed by atoms with Crippen LogP contribution in [0.1, 0.15) is 28.7 Å². The third kappa shape index (κ3) is 2.48. The molecule has 4 aliphatic heterocycles. The molecule has 10 rings (SSSR count). The van der Waals surface area contributed by atoms with Gasteiger partial charge in [-0.15, -0.1) is 0 Å². The molecule has 0 N–H and O–H groups in total. The van der Waals surface area contributed by atoms with E-state index >= 15 is 0 Å². The van der Waals surface area contributed by atoms with Gasteiger partial charge in [0, 0.05) is 11.8 Å². The Bertz CT molecular complexity index is 1450. The highest BCUT2D eigenvalue weighted by molar-refractivity contribution is 5.74. The second-order valence-corrected chi connectivity index (χ2v) is 10.4. The zero-order valence-electron chi connectivity index (χ0n) is 19.8. The predicted octanol–water partition coefficient (Wildman–Crippen LogP) is 6.77. The largest absolute Gasteiger partial charge is 0.357 e. The summed E-state index contributed by atoms with van der Waals surface area (Å²) in [4.78, 5) is 13.5. The molecular formula is C33H26O3. The van der Waals surface area contributed by atoms with Crippen LogP contribution >= 0.6 is 0 Å². The highest BCUT2D eigenvalue weighted by atomic mass is 17.2. The van der Waals surface area contributed by atoms with Gasteiger partial charge >= 0.3 is 0 Å². The molecule has 0 spiro atoms. The molecule has 0 unspecified atom stereocenters. The van der Waals surface area contributed by atoms with E-state index in [0.29, 0.717) is 0 Å². The molecule has 2 aliphatic carbocycles. The average Bonchev–Trinajstić information content (AvgIpc) is 3.77. The zero-order valence-corrected chi connectivity index (χ0v) is 19.8. The van der Waals surface area contributed by atoms with E-state index in [4.69, 9.17) is 14.5 Å². The highest BCUT2D eigenvalue weighted by Gasteiger charge is 2.83. The van der Waals surface area contributed by atoms with Crippen LogP contribution in [0.15, 0.2) is 127 Å². The molecule has 6 atom stereocenters. The lowest BCUT2D eigenvalue weighted by molar-refractivity contribution is -0.412. The van der Waals surface area contributed by atoms with Crippen molar-refractivity contribution in [3.8, 4) is 0 Å². The van der Waals surface area contributed by atoms with Gasteiger partial charge in [0.05, 0.1) is 0 Å². The molecule has 4 heterocycles. The summed E-state index contributed by atoms with van der Waals surface area (Å²) in [7, 11) is 0. The number of ether oxygens (including phenoxy) is 1. The molecule has 0 radical (unpaired) electrons. The van der Waals surface area contributed by atoms with Gasteiger partial charge in [-0.25, -0.2) is 9.78 Å². The molecule has 4 fully saturated rings. The van der Waals surface area contributed by atoms with E-state index in [-0.39, 0.29) is 17.9 Å². The van der Waals surface area contributed by atoms with E-state index in [1.54, 1.807) is 0 Å². The van der Waals surface area contributed by atoms with Gasteiger partial charge in [-0.1, -0.05) is 121 Å². The molecule has 4 aromatic rings. The van der Waals surface area contributed by atoms with Gasteiger partial charge in [0.15, 0.2) is 11.2 Å². The van der Waals surface area contributed by atoms with Crippen molar-refractivity contribution in [2.24, 2.45) is 11.8 Å². The van der Waals surface area contributed by atoms with E-state index in [9.17, 15) is 0 Å². The molecule has 0 aromatic heterocycles. The van der Waals surface area contributed by atoms with E-state index < -0.39 is 16.8 Å². The van der Waals surface area contributed by atoms with Crippen molar-refractivity contribution in [3.05, 3.63) is 150 Å². The maximum absolute atomic E-state index is 6.95. The first-order chi connectivity index (χ1) is 17.8. The number of hydrogen-bond donors (Lipinski definition) is 0. The first-order valence-corrected chi connectivity index (χ1v) is 12.8.